The predicted octanol–water partition coefficient (Wildman–Crippen LogP) is -0.934. The second-order valence-corrected chi connectivity index (χ2v) is 1.54. The van der Waals surface area contributed by atoms with Gasteiger partial charge in [0, 0.05) is 47.9 Å². The number of phosphoric acid groups is 1. The topological polar surface area (TPSA) is 77.8 Å². The van der Waals surface area contributed by atoms with Gasteiger partial charge in [0.25, 0.3) is 0 Å². The Bertz CT molecular complexity index is 57.8. The van der Waals surface area contributed by atoms with Crippen molar-refractivity contribution < 1.29 is 67.2 Å². The Labute approximate surface area is 74.6 Å². The zero-order chi connectivity index (χ0) is 4.50. The Balaban J connectivity index is -0.0000000800. The van der Waals surface area contributed by atoms with Gasteiger partial charge in [0.2, 0.25) is 0 Å². The number of hydrogen-bond acceptors (Lipinski definition) is 1. The van der Waals surface area contributed by atoms with Crippen LogP contribution in [0.3, 0.4) is 0 Å². The summed E-state index contributed by atoms with van der Waals surface area (Å²) in [5.41, 5.74) is 0. The van der Waals surface area contributed by atoms with Gasteiger partial charge in [-0.05, 0) is 0 Å². The van der Waals surface area contributed by atoms with Crippen molar-refractivity contribution in [3.05, 3.63) is 0 Å². The van der Waals surface area contributed by atoms with Crippen LogP contribution in [0.5, 0.6) is 0 Å². The first-order valence-corrected chi connectivity index (χ1v) is 2.35. The number of hydrogen-bond donors (Lipinski definition) is 3. The molecule has 40 valence electrons. The van der Waals surface area contributed by atoms with Gasteiger partial charge < -0.3 is 14.7 Å². The van der Waals surface area contributed by atoms with Gasteiger partial charge in [-0.3, -0.25) is 0 Å². The summed E-state index contributed by atoms with van der Waals surface area (Å²) in [5, 5.41) is 0. The molecule has 0 saturated carbocycles. The normalized spacial score (nSPS) is 8.43. The molecule has 0 heterocycles. The second kappa shape index (κ2) is 5.84. The van der Waals surface area contributed by atoms with Gasteiger partial charge in [-0.15, -0.1) is 0 Å². The van der Waals surface area contributed by atoms with Crippen molar-refractivity contribution in [1.82, 2.24) is 0 Å². The van der Waals surface area contributed by atoms with Crippen LogP contribution in [0.15, 0.2) is 0 Å². The van der Waals surface area contributed by atoms with Crippen LogP contribution in [0.1, 0.15) is 0 Å². The summed E-state index contributed by atoms with van der Waals surface area (Å²) in [7, 11) is -4.64. The van der Waals surface area contributed by atoms with Gasteiger partial charge in [0.05, 0.1) is 0 Å². The van der Waals surface area contributed by atoms with E-state index in [0.29, 0.717) is 0 Å². The molecule has 0 bridgehead atoms. The summed E-state index contributed by atoms with van der Waals surface area (Å²) < 4.78 is 8.88. The van der Waals surface area contributed by atoms with Gasteiger partial charge >= 0.3 is 7.82 Å². The molecule has 0 radical (unpaired) electrons. The van der Waals surface area contributed by atoms with Crippen molar-refractivity contribution in [3.8, 4) is 0 Å². The van der Waals surface area contributed by atoms with E-state index in [0.717, 1.165) is 0 Å². The molecule has 7 heavy (non-hydrogen) atoms. The standard InChI is InChI=1S/H3O4P.Ti.Zr/c1-5(2,3)4;;/h(H3,1,2,3,4);;. The summed E-state index contributed by atoms with van der Waals surface area (Å²) in [6.07, 6.45) is 0. The maximum absolute atomic E-state index is 8.88. The van der Waals surface area contributed by atoms with Gasteiger partial charge in [-0.2, -0.15) is 0 Å². The quantitative estimate of drug-likeness (QED) is 0.375. The molecule has 3 N–H and O–H groups in total. The maximum atomic E-state index is 8.88. The van der Waals surface area contributed by atoms with Gasteiger partial charge in [-0.1, -0.05) is 0 Å². The molecule has 0 spiro atoms. The Hall–Kier alpha value is 1.71. The van der Waals surface area contributed by atoms with Crippen molar-refractivity contribution in [2.75, 3.05) is 0 Å². The molecule has 0 amide bonds. The molecule has 0 aromatic carbocycles. The van der Waals surface area contributed by atoms with Crippen LogP contribution in [0.25, 0.3) is 0 Å². The molecule has 0 aromatic rings. The summed E-state index contributed by atoms with van der Waals surface area (Å²) in [5.74, 6) is 0. The molecule has 7 heteroatoms. The van der Waals surface area contributed by atoms with Crippen LogP contribution in [-0.4, -0.2) is 14.7 Å². The Kier molecular flexibility index (Phi) is 13.2. The minimum absolute atomic E-state index is 0. The second-order valence-electron chi connectivity index (χ2n) is 0.513. The summed E-state index contributed by atoms with van der Waals surface area (Å²) >= 11 is 0. The molecular weight excluding hydrogens is 234 g/mol. The Morgan fingerprint density at radius 1 is 1.14 bits per heavy atom. The van der Waals surface area contributed by atoms with E-state index in [1.807, 2.05) is 0 Å². The van der Waals surface area contributed by atoms with Crippen LogP contribution in [0.2, 0.25) is 0 Å². The van der Waals surface area contributed by atoms with E-state index in [-0.39, 0.29) is 47.9 Å². The minimum atomic E-state index is -4.64. The predicted molar refractivity (Wildman–Crippen MR) is 14.3 cm³/mol. The Morgan fingerprint density at radius 2 is 1.14 bits per heavy atom. The van der Waals surface area contributed by atoms with E-state index >= 15 is 0 Å². The van der Waals surface area contributed by atoms with Gasteiger partial charge in [0.15, 0.2) is 0 Å². The van der Waals surface area contributed by atoms with E-state index in [2.05, 4.69) is 0 Å². The Morgan fingerprint density at radius 3 is 1.14 bits per heavy atom. The first kappa shape index (κ1) is 15.9. The molecule has 0 aliphatic carbocycles. The molecule has 0 aromatic heterocycles. The molecular formula is H3O4PTiZr. The smallest absolute Gasteiger partial charge is 0.303 e. The fraction of sp³-hybridized carbons (Fsp3) is 0. The average molecular weight is 237 g/mol. The fourth-order valence-electron chi connectivity index (χ4n) is 0. The SMILES string of the molecule is O=P(O)(O)O.[Ti].[Zr]. The van der Waals surface area contributed by atoms with E-state index < -0.39 is 7.82 Å². The zero-order valence-electron chi connectivity index (χ0n) is 3.20. The number of rotatable bonds is 0. The van der Waals surface area contributed by atoms with Gasteiger partial charge in [-0.25, -0.2) is 4.57 Å². The maximum Gasteiger partial charge on any atom is 0.466 e. The van der Waals surface area contributed by atoms with E-state index in [9.17, 15) is 0 Å². The van der Waals surface area contributed by atoms with Crippen molar-refractivity contribution in [2.45, 2.75) is 0 Å². The summed E-state index contributed by atoms with van der Waals surface area (Å²) in [4.78, 5) is 21.6. The third-order valence-electron chi connectivity index (χ3n) is 0. The first-order valence-electron chi connectivity index (χ1n) is 0.783. The van der Waals surface area contributed by atoms with Crippen LogP contribution in [-0.2, 0) is 52.5 Å². The van der Waals surface area contributed by atoms with Crippen molar-refractivity contribution >= 4 is 7.82 Å². The minimum Gasteiger partial charge on any atom is -0.303 e. The molecule has 0 fully saturated rings. The van der Waals surface area contributed by atoms with Crippen LogP contribution < -0.4 is 0 Å². The molecule has 0 atom stereocenters. The van der Waals surface area contributed by atoms with Crippen molar-refractivity contribution in [1.29, 1.82) is 0 Å². The first-order chi connectivity index (χ1) is 2.00. The zero-order valence-corrected chi connectivity index (χ0v) is 8.11. The summed E-state index contributed by atoms with van der Waals surface area (Å²) in [6.45, 7) is 0. The monoisotopic (exact) mass is 236 g/mol. The molecule has 0 aliphatic rings. The fourth-order valence-corrected chi connectivity index (χ4v) is 0. The molecule has 4 nitrogen and oxygen atoms in total. The van der Waals surface area contributed by atoms with E-state index in [1.54, 1.807) is 0 Å². The van der Waals surface area contributed by atoms with Crippen LogP contribution in [0.4, 0.5) is 0 Å². The molecule has 0 aliphatic heterocycles. The third kappa shape index (κ3) is 86.1. The van der Waals surface area contributed by atoms with E-state index in [4.69, 9.17) is 19.2 Å². The average Bonchev–Trinajstić information content (AvgIpc) is 0.722. The van der Waals surface area contributed by atoms with E-state index in [1.165, 1.54) is 0 Å². The van der Waals surface area contributed by atoms with Crippen LogP contribution in [0, 0.1) is 0 Å². The van der Waals surface area contributed by atoms with Crippen molar-refractivity contribution in [3.63, 3.8) is 0 Å². The van der Waals surface area contributed by atoms with Crippen LogP contribution >= 0.6 is 7.82 Å². The molecule has 0 saturated heterocycles. The van der Waals surface area contributed by atoms with Gasteiger partial charge in [0.1, 0.15) is 0 Å². The largest absolute Gasteiger partial charge is 0.466 e. The summed E-state index contributed by atoms with van der Waals surface area (Å²) in [6, 6.07) is 0. The third-order valence-corrected chi connectivity index (χ3v) is 0. The molecule has 0 rings (SSSR count). The van der Waals surface area contributed by atoms with Crippen molar-refractivity contribution in [2.24, 2.45) is 0 Å². The molecule has 0 unspecified atom stereocenters.